The molecule has 46 heteroatoms. The van der Waals surface area contributed by atoms with E-state index in [9.17, 15) is 72.9 Å². The number of hydrogen-bond acceptors (Lipinski definition) is 27. The quantitative estimate of drug-likeness (QED) is 0.0704. The molecule has 19 N–H and O–H groups in total. The summed E-state index contributed by atoms with van der Waals surface area (Å²) in [6.07, 6.45) is 10.00. The molecule has 1 unspecified atom stereocenters. The molecule has 0 bridgehead atoms. The molecule has 105 heavy (non-hydrogen) atoms. The predicted molar refractivity (Wildman–Crippen MR) is 382 cm³/mol. The molecular weight excluding hydrogens is 1390 g/mol. The van der Waals surface area contributed by atoms with Crippen molar-refractivity contribution in [3.63, 3.8) is 0 Å². The van der Waals surface area contributed by atoms with Crippen molar-refractivity contribution >= 4 is 67.0 Å². The van der Waals surface area contributed by atoms with Gasteiger partial charge in [-0.2, -0.15) is 0 Å². The number of hydrogen-bond donors (Lipinski definition) is 15. The standard InChI is InChI=1S/C10H14N4O4.C10H20O2.C8H10N4O2.3C7H8N4O2.C5H4N4O2.C3H8O3.C2H8N2.H2O/c1-12-8-7(9(17)13(2)10(12)18)14(5-11-8)3-6(16)4-15;1-9(2,11)8-4-6-10(3,12)7-5-8;1-10-4-9-6-5(10)7(13)12(3)8(14)11(6)2;3*1-10-5-4(8-3-9-5)6(12)11(2)7(10)13;10-4-2-3(7-1-6-2)8-5(11)9-4;4-1-3(6)2-5;3-1-2-4;/h5-6,15-16H,3-4H2,1-2H3;8,11-12H,4-7H2,1-3H3;4H,1-3H3;3*3H,1-2H3,(H,8,9);1H,(H3,6,7,8,9,10,11);3-6H,1-2H2;1-4H2;1H2/t;8-,10+;;;;;;;;. The number of nitrogens with zero attached hydrogens (tertiary/aromatic N) is 18. The van der Waals surface area contributed by atoms with Crippen LogP contribution in [0.2, 0.25) is 0 Å². The summed E-state index contributed by atoms with van der Waals surface area (Å²) in [5.74, 6) is 0.359. The zero-order valence-electron chi connectivity index (χ0n) is 60.0. The topological polar surface area (TPSA) is 661 Å². The predicted octanol–water partition coefficient (Wildman–Crippen LogP) is -9.31. The van der Waals surface area contributed by atoms with Crippen LogP contribution in [0.1, 0.15) is 46.5 Å². The van der Waals surface area contributed by atoms with Crippen molar-refractivity contribution in [1.82, 2.24) is 115 Å². The zero-order chi connectivity index (χ0) is 78.3. The second-order valence-corrected chi connectivity index (χ2v) is 24.3. The first-order valence-corrected chi connectivity index (χ1v) is 31.3. The number of nitrogens with one attached hydrogen (secondary N) is 6. The number of aromatic amines is 6. The van der Waals surface area contributed by atoms with Crippen molar-refractivity contribution in [3.8, 4) is 0 Å². The van der Waals surface area contributed by atoms with Gasteiger partial charge in [0.1, 0.15) is 28.2 Å². The lowest BCUT2D eigenvalue weighted by atomic mass is 9.73. The molecular formula is C59H90N26O20. The fourth-order valence-corrected chi connectivity index (χ4v) is 9.97. The summed E-state index contributed by atoms with van der Waals surface area (Å²) in [7, 11) is 16.7. The highest BCUT2D eigenvalue weighted by Crippen LogP contribution is 2.37. The van der Waals surface area contributed by atoms with E-state index in [-0.39, 0.29) is 92.6 Å². The Hall–Kier alpha value is -11.5. The smallest absolute Gasteiger partial charge is 0.332 e. The van der Waals surface area contributed by atoms with Crippen molar-refractivity contribution in [1.29, 1.82) is 0 Å². The highest BCUT2D eigenvalue weighted by atomic mass is 16.3. The van der Waals surface area contributed by atoms with Gasteiger partial charge in [0.05, 0.1) is 81.6 Å². The molecule has 13 rings (SSSR count). The number of aromatic nitrogens is 24. The summed E-state index contributed by atoms with van der Waals surface area (Å²) < 4.78 is 14.8. The van der Waals surface area contributed by atoms with E-state index in [1.807, 2.05) is 20.8 Å². The number of rotatable bonds is 7. The molecule has 0 aliphatic heterocycles. The van der Waals surface area contributed by atoms with Gasteiger partial charge in [0, 0.05) is 90.6 Å². The minimum Gasteiger partial charge on any atom is -0.412 e. The highest BCUT2D eigenvalue weighted by molar-refractivity contribution is 5.72. The lowest BCUT2D eigenvalue weighted by Crippen LogP contribution is -2.39. The Morgan fingerprint density at radius 2 is 0.810 bits per heavy atom. The second-order valence-electron chi connectivity index (χ2n) is 24.3. The Kier molecular flexibility index (Phi) is 29.9. The summed E-state index contributed by atoms with van der Waals surface area (Å²) in [6.45, 7) is 5.70. The monoisotopic (exact) mass is 1480 g/mol. The number of aryl methyl sites for hydroxylation is 6. The lowest BCUT2D eigenvalue weighted by molar-refractivity contribution is -0.0509. The number of fused-ring (bicyclic) bond motifs is 6. The van der Waals surface area contributed by atoms with Gasteiger partial charge >= 0.3 is 34.1 Å². The third-order valence-electron chi connectivity index (χ3n) is 16.2. The van der Waals surface area contributed by atoms with Crippen LogP contribution in [0.4, 0.5) is 0 Å². The molecule has 1 aliphatic carbocycles. The van der Waals surface area contributed by atoms with Gasteiger partial charge in [-0.05, 0) is 52.4 Å². The average molecular weight is 1480 g/mol. The summed E-state index contributed by atoms with van der Waals surface area (Å²) in [5.41, 5.74) is 8.07. The van der Waals surface area contributed by atoms with Crippen LogP contribution in [0.15, 0.2) is 95.5 Å². The maximum absolute atomic E-state index is 12.0. The van der Waals surface area contributed by atoms with E-state index >= 15 is 0 Å². The Labute approximate surface area is 588 Å². The second kappa shape index (κ2) is 36.6. The van der Waals surface area contributed by atoms with Gasteiger partial charge < -0.3 is 81.8 Å². The summed E-state index contributed by atoms with van der Waals surface area (Å²) in [4.78, 5) is 175. The molecule has 1 aliphatic rings. The third-order valence-corrected chi connectivity index (χ3v) is 16.2. The van der Waals surface area contributed by atoms with E-state index in [1.54, 1.807) is 39.8 Å². The minimum absolute atomic E-state index is 0. The first-order valence-electron chi connectivity index (χ1n) is 31.3. The van der Waals surface area contributed by atoms with Gasteiger partial charge in [-0.25, -0.2) is 58.7 Å². The molecule has 0 saturated heterocycles. The normalized spacial score (nSPS) is 14.1. The van der Waals surface area contributed by atoms with Crippen LogP contribution in [-0.2, 0) is 84.1 Å². The largest absolute Gasteiger partial charge is 0.412 e. The van der Waals surface area contributed by atoms with Crippen molar-refractivity contribution in [2.45, 2.75) is 76.4 Å². The molecule has 12 aromatic rings. The molecule has 1 saturated carbocycles. The first kappa shape index (κ1) is 85.9. The van der Waals surface area contributed by atoms with Crippen LogP contribution in [0, 0.1) is 5.92 Å². The fourth-order valence-electron chi connectivity index (χ4n) is 9.97. The number of H-pyrrole nitrogens is 6. The number of aliphatic hydroxyl groups is 7. The Morgan fingerprint density at radius 1 is 0.476 bits per heavy atom. The molecule has 0 aromatic carbocycles. The van der Waals surface area contributed by atoms with Crippen LogP contribution >= 0.6 is 0 Å². The van der Waals surface area contributed by atoms with Crippen molar-refractivity contribution in [2.75, 3.05) is 32.9 Å². The Morgan fingerprint density at radius 3 is 1.17 bits per heavy atom. The summed E-state index contributed by atoms with van der Waals surface area (Å²) >= 11 is 0. The summed E-state index contributed by atoms with van der Waals surface area (Å²) in [6, 6.07) is 0. The molecule has 0 amide bonds. The number of imidazole rings is 6. The average Bonchev–Trinajstić information content (AvgIpc) is 1.66. The van der Waals surface area contributed by atoms with Gasteiger partial charge in [-0.3, -0.25) is 84.4 Å². The first-order chi connectivity index (χ1) is 48.7. The van der Waals surface area contributed by atoms with Crippen LogP contribution in [-0.4, -0.2) is 212 Å². The van der Waals surface area contributed by atoms with Crippen LogP contribution in [0.3, 0.4) is 0 Å². The van der Waals surface area contributed by atoms with Gasteiger partial charge in [0.25, 0.3) is 33.4 Å². The van der Waals surface area contributed by atoms with Gasteiger partial charge in [0.15, 0.2) is 44.9 Å². The zero-order valence-corrected chi connectivity index (χ0v) is 60.0. The number of aliphatic hydroxyl groups excluding tert-OH is 5. The van der Waals surface area contributed by atoms with Gasteiger partial charge in [-0.1, -0.05) is 0 Å². The molecule has 576 valence electrons. The van der Waals surface area contributed by atoms with Crippen LogP contribution in [0.25, 0.3) is 67.0 Å². The molecule has 46 nitrogen and oxygen atoms in total. The van der Waals surface area contributed by atoms with Gasteiger partial charge in [0.2, 0.25) is 0 Å². The highest BCUT2D eigenvalue weighted by Gasteiger charge is 2.35. The molecule has 0 radical (unpaired) electrons. The minimum atomic E-state index is -0.982. The van der Waals surface area contributed by atoms with Crippen molar-refractivity contribution < 1.29 is 41.2 Å². The van der Waals surface area contributed by atoms with E-state index in [0.717, 1.165) is 48.5 Å². The van der Waals surface area contributed by atoms with E-state index < -0.39 is 52.5 Å². The maximum atomic E-state index is 12.0. The van der Waals surface area contributed by atoms with E-state index in [4.69, 9.17) is 31.9 Å². The van der Waals surface area contributed by atoms with E-state index in [1.165, 1.54) is 108 Å². The van der Waals surface area contributed by atoms with Crippen molar-refractivity contribution in [3.05, 3.63) is 163 Å². The van der Waals surface area contributed by atoms with E-state index in [0.29, 0.717) is 63.7 Å². The SMILES string of the molecule is CC(C)(O)[C@H]1CC[C@@](C)(O)CC1.Cn1c(=O)c2[nH]cnc2n(C)c1=O.Cn1c(=O)c2[nH]cnc2n(C)c1=O.Cn1c(=O)c2[nH]cnc2n(C)c1=O.Cn1c(=O)c2c(ncn2C)n(C)c1=O.Cn1c(=O)c2c(ncn2CC(O)CO)n(C)c1=O.NCCN.O.O=c1[nH]c(=O)c2[nH]cnc2[nH]1.OCC(O)CO. The Balaban J connectivity index is 0.000000254. The molecule has 12 heterocycles. The van der Waals surface area contributed by atoms with Crippen LogP contribution < -0.4 is 79.0 Å². The van der Waals surface area contributed by atoms with E-state index in [2.05, 4.69) is 59.8 Å². The molecule has 12 aromatic heterocycles. The Bertz CT molecular complexity index is 5460. The molecule has 0 spiro atoms. The maximum Gasteiger partial charge on any atom is 0.332 e. The molecule has 1 atom stereocenters. The van der Waals surface area contributed by atoms with Gasteiger partial charge in [-0.15, -0.1) is 0 Å². The van der Waals surface area contributed by atoms with Crippen molar-refractivity contribution in [2.24, 2.45) is 94.9 Å². The fraction of sp³-hybridized carbons (Fsp3) is 0.492. The lowest BCUT2D eigenvalue weighted by Gasteiger charge is -2.38. The number of nitrogens with two attached hydrogens (primary N) is 2. The molecule has 1 fully saturated rings. The summed E-state index contributed by atoms with van der Waals surface area (Å²) in [5, 5.41) is 61.6. The third kappa shape index (κ3) is 19.8. The van der Waals surface area contributed by atoms with Crippen LogP contribution in [0.5, 0.6) is 0 Å².